The Labute approximate surface area is 108 Å². The summed E-state index contributed by atoms with van der Waals surface area (Å²) >= 11 is 5.61. The van der Waals surface area contributed by atoms with Gasteiger partial charge in [0.15, 0.2) is 0 Å². The quantitative estimate of drug-likeness (QED) is 0.608. The van der Waals surface area contributed by atoms with E-state index in [1.54, 1.807) is 6.92 Å². The first kappa shape index (κ1) is 14.2. The first-order valence-electron chi connectivity index (χ1n) is 5.18. The lowest BCUT2D eigenvalue weighted by Gasteiger charge is -2.08. The Balaban J connectivity index is 2.67. The summed E-state index contributed by atoms with van der Waals surface area (Å²) in [5.74, 6) is -1.35. The number of hydrogen-bond donors (Lipinski definition) is 2. The lowest BCUT2D eigenvalue weighted by atomic mass is 10.1. The van der Waals surface area contributed by atoms with E-state index in [4.69, 9.17) is 16.7 Å². The molecule has 1 heterocycles. The van der Waals surface area contributed by atoms with Crippen LogP contribution in [0.15, 0.2) is 12.3 Å². The fourth-order valence-electron chi connectivity index (χ4n) is 1.23. The molecule has 18 heavy (non-hydrogen) atoms. The molecule has 0 aliphatic heterocycles. The SMILES string of the molecule is CC(CCNc1ncc(Cl)cc1[N+](=O)[O-])C(=O)O. The van der Waals surface area contributed by atoms with E-state index in [0.717, 1.165) is 0 Å². The number of carboxylic acid groups (broad SMARTS) is 1. The molecule has 0 amide bonds. The van der Waals surface area contributed by atoms with Crippen LogP contribution in [-0.4, -0.2) is 27.5 Å². The van der Waals surface area contributed by atoms with E-state index in [1.165, 1.54) is 12.3 Å². The van der Waals surface area contributed by atoms with Crippen LogP contribution in [0.3, 0.4) is 0 Å². The lowest BCUT2D eigenvalue weighted by molar-refractivity contribution is -0.384. The standard InChI is InChI=1S/C10H12ClN3O4/c1-6(10(15)16)2-3-12-9-8(14(17)18)4-7(11)5-13-9/h4-6H,2-3H2,1H3,(H,12,13)(H,15,16). The third kappa shape index (κ3) is 3.85. The molecule has 98 valence electrons. The Kier molecular flexibility index (Phi) is 4.85. The molecular weight excluding hydrogens is 262 g/mol. The van der Waals surface area contributed by atoms with Gasteiger partial charge in [0.25, 0.3) is 0 Å². The van der Waals surface area contributed by atoms with Crippen LogP contribution >= 0.6 is 11.6 Å². The summed E-state index contributed by atoms with van der Waals surface area (Å²) in [6.07, 6.45) is 1.63. The van der Waals surface area contributed by atoms with Crippen LogP contribution < -0.4 is 5.32 Å². The Morgan fingerprint density at radius 2 is 2.39 bits per heavy atom. The van der Waals surface area contributed by atoms with Gasteiger partial charge >= 0.3 is 11.7 Å². The molecule has 0 spiro atoms. The minimum atomic E-state index is -0.907. The maximum absolute atomic E-state index is 10.8. The van der Waals surface area contributed by atoms with Crippen LogP contribution in [-0.2, 0) is 4.79 Å². The Bertz CT molecular complexity index is 466. The predicted molar refractivity (Wildman–Crippen MR) is 65.8 cm³/mol. The highest BCUT2D eigenvalue weighted by molar-refractivity contribution is 6.30. The van der Waals surface area contributed by atoms with Crippen molar-refractivity contribution < 1.29 is 14.8 Å². The molecule has 1 aromatic heterocycles. The van der Waals surface area contributed by atoms with Crippen molar-refractivity contribution in [3.63, 3.8) is 0 Å². The normalized spacial score (nSPS) is 11.9. The van der Waals surface area contributed by atoms with Gasteiger partial charge in [0.05, 0.1) is 15.9 Å². The number of aliphatic carboxylic acids is 1. The third-order valence-corrected chi connectivity index (χ3v) is 2.53. The highest BCUT2D eigenvalue weighted by Crippen LogP contribution is 2.24. The van der Waals surface area contributed by atoms with Crippen LogP contribution in [0.1, 0.15) is 13.3 Å². The first-order valence-corrected chi connectivity index (χ1v) is 5.56. The minimum absolute atomic E-state index is 0.0852. The topological polar surface area (TPSA) is 105 Å². The van der Waals surface area contributed by atoms with Crippen molar-refractivity contribution in [2.24, 2.45) is 5.92 Å². The van der Waals surface area contributed by atoms with Gasteiger partial charge in [-0.05, 0) is 6.42 Å². The molecule has 1 aromatic rings. The zero-order chi connectivity index (χ0) is 13.7. The molecule has 0 fully saturated rings. The van der Waals surface area contributed by atoms with Crippen molar-refractivity contribution in [3.8, 4) is 0 Å². The molecule has 0 saturated carbocycles. The summed E-state index contributed by atoms with van der Waals surface area (Å²) in [7, 11) is 0. The number of nitrogens with one attached hydrogen (secondary N) is 1. The minimum Gasteiger partial charge on any atom is -0.481 e. The Hall–Kier alpha value is -1.89. The molecular formula is C10H12ClN3O4. The number of halogens is 1. The second kappa shape index (κ2) is 6.15. The van der Waals surface area contributed by atoms with Crippen LogP contribution in [0.4, 0.5) is 11.5 Å². The summed E-state index contributed by atoms with van der Waals surface area (Å²) in [5.41, 5.74) is -0.231. The van der Waals surface area contributed by atoms with Crippen molar-refractivity contribution in [3.05, 3.63) is 27.4 Å². The molecule has 0 bridgehead atoms. The summed E-state index contributed by atoms with van der Waals surface area (Å²) in [4.78, 5) is 24.6. The van der Waals surface area contributed by atoms with Gasteiger partial charge in [0.1, 0.15) is 0 Å². The molecule has 0 aromatic carbocycles. The zero-order valence-corrected chi connectivity index (χ0v) is 10.3. The maximum Gasteiger partial charge on any atom is 0.312 e. The smallest absolute Gasteiger partial charge is 0.312 e. The molecule has 1 rings (SSSR count). The monoisotopic (exact) mass is 273 g/mol. The number of carboxylic acids is 1. The maximum atomic E-state index is 10.8. The lowest BCUT2D eigenvalue weighted by Crippen LogP contribution is -2.15. The molecule has 1 atom stereocenters. The molecule has 0 radical (unpaired) electrons. The van der Waals surface area contributed by atoms with Gasteiger partial charge in [-0.25, -0.2) is 4.98 Å². The second-order valence-corrected chi connectivity index (χ2v) is 4.17. The van der Waals surface area contributed by atoms with Gasteiger partial charge in [-0.2, -0.15) is 0 Å². The summed E-state index contributed by atoms with van der Waals surface area (Å²) in [6, 6.07) is 1.19. The van der Waals surface area contributed by atoms with E-state index >= 15 is 0 Å². The number of pyridine rings is 1. The van der Waals surface area contributed by atoms with E-state index in [9.17, 15) is 14.9 Å². The van der Waals surface area contributed by atoms with Crippen molar-refractivity contribution in [1.82, 2.24) is 4.98 Å². The van der Waals surface area contributed by atoms with E-state index in [-0.39, 0.29) is 23.1 Å². The average Bonchev–Trinajstić information content (AvgIpc) is 2.30. The summed E-state index contributed by atoms with van der Waals surface area (Å²) < 4.78 is 0. The number of anilines is 1. The van der Waals surface area contributed by atoms with Crippen molar-refractivity contribution >= 4 is 29.1 Å². The molecule has 7 nitrogen and oxygen atoms in total. The van der Waals surface area contributed by atoms with Crippen LogP contribution in [0.5, 0.6) is 0 Å². The highest BCUT2D eigenvalue weighted by Gasteiger charge is 2.16. The highest BCUT2D eigenvalue weighted by atomic mass is 35.5. The van der Waals surface area contributed by atoms with Gasteiger partial charge in [-0.15, -0.1) is 0 Å². The molecule has 2 N–H and O–H groups in total. The van der Waals surface area contributed by atoms with E-state index in [0.29, 0.717) is 6.42 Å². The number of nitrogens with zero attached hydrogens (tertiary/aromatic N) is 2. The van der Waals surface area contributed by atoms with Crippen LogP contribution in [0.25, 0.3) is 0 Å². The van der Waals surface area contributed by atoms with E-state index < -0.39 is 16.8 Å². The number of aromatic nitrogens is 1. The fraction of sp³-hybridized carbons (Fsp3) is 0.400. The average molecular weight is 274 g/mol. The Morgan fingerprint density at radius 1 is 1.72 bits per heavy atom. The molecule has 0 saturated heterocycles. The molecule has 1 unspecified atom stereocenters. The number of carbonyl (C=O) groups is 1. The third-order valence-electron chi connectivity index (χ3n) is 2.32. The zero-order valence-electron chi connectivity index (χ0n) is 9.59. The summed E-state index contributed by atoms with van der Waals surface area (Å²) in [6.45, 7) is 1.84. The van der Waals surface area contributed by atoms with Gasteiger partial charge in [0.2, 0.25) is 5.82 Å². The predicted octanol–water partition coefficient (Wildman–Crippen LogP) is 2.17. The second-order valence-electron chi connectivity index (χ2n) is 3.73. The van der Waals surface area contributed by atoms with Gasteiger partial charge in [-0.1, -0.05) is 18.5 Å². The molecule has 0 aliphatic rings. The number of rotatable bonds is 6. The molecule has 0 aliphatic carbocycles. The van der Waals surface area contributed by atoms with Crippen molar-refractivity contribution in [2.45, 2.75) is 13.3 Å². The summed E-state index contributed by atoms with van der Waals surface area (Å²) in [5, 5.41) is 22.3. The van der Waals surface area contributed by atoms with E-state index in [2.05, 4.69) is 10.3 Å². The van der Waals surface area contributed by atoms with Gasteiger partial charge in [-0.3, -0.25) is 14.9 Å². The van der Waals surface area contributed by atoms with Gasteiger partial charge in [0, 0.05) is 18.8 Å². The number of nitro groups is 1. The first-order chi connectivity index (χ1) is 8.41. The van der Waals surface area contributed by atoms with E-state index in [1.807, 2.05) is 0 Å². The molecule has 8 heteroatoms. The van der Waals surface area contributed by atoms with Crippen LogP contribution in [0.2, 0.25) is 5.02 Å². The Morgan fingerprint density at radius 3 is 2.94 bits per heavy atom. The number of hydrogen-bond acceptors (Lipinski definition) is 5. The van der Waals surface area contributed by atoms with Gasteiger partial charge < -0.3 is 10.4 Å². The van der Waals surface area contributed by atoms with Crippen molar-refractivity contribution in [2.75, 3.05) is 11.9 Å². The largest absolute Gasteiger partial charge is 0.481 e. The van der Waals surface area contributed by atoms with Crippen LogP contribution in [0, 0.1) is 16.0 Å². The van der Waals surface area contributed by atoms with Crippen molar-refractivity contribution in [1.29, 1.82) is 0 Å². The fourth-order valence-corrected chi connectivity index (χ4v) is 1.39.